The number of rotatable bonds is 3. The van der Waals surface area contributed by atoms with Crippen molar-refractivity contribution in [3.63, 3.8) is 0 Å². The molecule has 0 unspecified atom stereocenters. The molecule has 2 aromatic carbocycles. The summed E-state index contributed by atoms with van der Waals surface area (Å²) in [7, 11) is -3.71. The van der Waals surface area contributed by atoms with Crippen LogP contribution in [0, 0.1) is 25.2 Å². The number of benzene rings is 2. The molecule has 0 saturated heterocycles. The molecule has 21 heavy (non-hydrogen) atoms. The van der Waals surface area contributed by atoms with E-state index in [0.717, 1.165) is 11.1 Å². The average Bonchev–Trinajstić information content (AvgIpc) is 2.40. The van der Waals surface area contributed by atoms with Gasteiger partial charge in [-0.3, -0.25) is 4.72 Å². The number of anilines is 1. The van der Waals surface area contributed by atoms with Crippen LogP contribution in [0.2, 0.25) is 0 Å². The summed E-state index contributed by atoms with van der Waals surface area (Å²) in [5.74, 6) is 0. The number of aryl methyl sites for hydroxylation is 2. The van der Waals surface area contributed by atoms with Crippen molar-refractivity contribution in [1.82, 2.24) is 0 Å². The van der Waals surface area contributed by atoms with Gasteiger partial charge in [0.25, 0.3) is 10.0 Å². The third kappa shape index (κ3) is 3.43. The molecule has 0 atom stereocenters. The minimum Gasteiger partial charge on any atom is -0.279 e. The third-order valence-corrected chi connectivity index (χ3v) is 5.33. The molecular formula is C15H13BrN2O2S. The van der Waals surface area contributed by atoms with Gasteiger partial charge in [0.2, 0.25) is 0 Å². The van der Waals surface area contributed by atoms with Crippen LogP contribution >= 0.6 is 15.9 Å². The largest absolute Gasteiger partial charge is 0.279 e. The quantitative estimate of drug-likeness (QED) is 0.901. The second kappa shape index (κ2) is 5.88. The van der Waals surface area contributed by atoms with Crippen molar-refractivity contribution in [3.05, 3.63) is 57.6 Å². The highest BCUT2D eigenvalue weighted by Gasteiger charge is 2.18. The van der Waals surface area contributed by atoms with E-state index in [2.05, 4.69) is 20.7 Å². The van der Waals surface area contributed by atoms with Crippen LogP contribution in [0.5, 0.6) is 0 Å². The monoisotopic (exact) mass is 364 g/mol. The summed E-state index contributed by atoms with van der Waals surface area (Å²) in [6, 6.07) is 11.9. The summed E-state index contributed by atoms with van der Waals surface area (Å²) in [5.41, 5.74) is 2.52. The normalized spacial score (nSPS) is 11.0. The van der Waals surface area contributed by atoms with Crippen LogP contribution in [0.4, 0.5) is 5.69 Å². The topological polar surface area (TPSA) is 70.0 Å². The molecule has 0 spiro atoms. The van der Waals surface area contributed by atoms with Crippen LogP contribution in [0.3, 0.4) is 0 Å². The van der Waals surface area contributed by atoms with Crippen molar-refractivity contribution >= 4 is 31.6 Å². The Balaban J connectivity index is 2.45. The number of nitrogens with one attached hydrogen (secondary N) is 1. The number of nitriles is 1. The van der Waals surface area contributed by atoms with Crippen LogP contribution < -0.4 is 4.72 Å². The van der Waals surface area contributed by atoms with Gasteiger partial charge in [-0.2, -0.15) is 5.26 Å². The van der Waals surface area contributed by atoms with E-state index in [1.54, 1.807) is 37.3 Å². The van der Waals surface area contributed by atoms with Gasteiger partial charge >= 0.3 is 0 Å². The van der Waals surface area contributed by atoms with Gasteiger partial charge in [0.15, 0.2) is 0 Å². The van der Waals surface area contributed by atoms with Crippen LogP contribution in [0.15, 0.2) is 45.8 Å². The molecule has 0 fully saturated rings. The number of sulfonamides is 1. The van der Waals surface area contributed by atoms with E-state index < -0.39 is 10.0 Å². The highest BCUT2D eigenvalue weighted by Crippen LogP contribution is 2.26. The van der Waals surface area contributed by atoms with Gasteiger partial charge in [0, 0.05) is 4.47 Å². The summed E-state index contributed by atoms with van der Waals surface area (Å²) in [5, 5.41) is 8.91. The summed E-state index contributed by atoms with van der Waals surface area (Å²) in [6.45, 7) is 3.66. The van der Waals surface area contributed by atoms with Crippen LogP contribution in [0.25, 0.3) is 0 Å². The Morgan fingerprint density at radius 2 is 1.86 bits per heavy atom. The summed E-state index contributed by atoms with van der Waals surface area (Å²) in [6.07, 6.45) is 0. The van der Waals surface area contributed by atoms with E-state index in [1.165, 1.54) is 6.07 Å². The van der Waals surface area contributed by atoms with Crippen LogP contribution in [0.1, 0.15) is 16.7 Å². The van der Waals surface area contributed by atoms with E-state index in [1.807, 2.05) is 13.0 Å². The fourth-order valence-corrected chi connectivity index (χ4v) is 4.14. The maximum atomic E-state index is 12.5. The molecule has 0 aliphatic rings. The van der Waals surface area contributed by atoms with E-state index in [-0.39, 0.29) is 4.90 Å². The first kappa shape index (κ1) is 15.5. The third-order valence-electron chi connectivity index (χ3n) is 2.99. The number of halogens is 1. The van der Waals surface area contributed by atoms with Crippen molar-refractivity contribution in [2.45, 2.75) is 18.7 Å². The minimum absolute atomic E-state index is 0.162. The molecule has 1 N–H and O–H groups in total. The van der Waals surface area contributed by atoms with Crippen LogP contribution in [-0.2, 0) is 10.0 Å². The van der Waals surface area contributed by atoms with Gasteiger partial charge < -0.3 is 0 Å². The zero-order valence-electron chi connectivity index (χ0n) is 11.5. The first-order chi connectivity index (χ1) is 9.83. The zero-order chi connectivity index (χ0) is 15.6. The molecule has 0 aliphatic carbocycles. The fraction of sp³-hybridized carbons (Fsp3) is 0.133. The lowest BCUT2D eigenvalue weighted by Crippen LogP contribution is -2.14. The van der Waals surface area contributed by atoms with Gasteiger partial charge in [-0.15, -0.1) is 0 Å². The van der Waals surface area contributed by atoms with Crippen molar-refractivity contribution in [2.75, 3.05) is 4.72 Å². The first-order valence-electron chi connectivity index (χ1n) is 6.13. The lowest BCUT2D eigenvalue weighted by molar-refractivity contribution is 0.600. The maximum absolute atomic E-state index is 12.5. The van der Waals surface area contributed by atoms with E-state index in [9.17, 15) is 8.42 Å². The SMILES string of the molecule is Cc1ccc(S(=O)(=O)Nc2cc(C#N)ccc2C)c(Br)c1. The maximum Gasteiger partial charge on any atom is 0.263 e. The highest BCUT2D eigenvalue weighted by molar-refractivity contribution is 9.10. The van der Waals surface area contributed by atoms with E-state index in [0.29, 0.717) is 15.7 Å². The first-order valence-corrected chi connectivity index (χ1v) is 8.41. The van der Waals surface area contributed by atoms with Gasteiger partial charge in [-0.1, -0.05) is 12.1 Å². The average molecular weight is 365 g/mol. The Labute approximate surface area is 132 Å². The van der Waals surface area contributed by atoms with Gasteiger partial charge in [-0.05, 0) is 65.2 Å². The van der Waals surface area contributed by atoms with Crippen molar-refractivity contribution in [3.8, 4) is 6.07 Å². The molecule has 0 amide bonds. The molecule has 0 aromatic heterocycles. The smallest absolute Gasteiger partial charge is 0.263 e. The number of hydrogen-bond donors (Lipinski definition) is 1. The summed E-state index contributed by atoms with van der Waals surface area (Å²) in [4.78, 5) is 0.162. The molecular weight excluding hydrogens is 352 g/mol. The minimum atomic E-state index is -3.71. The molecule has 4 nitrogen and oxygen atoms in total. The molecule has 0 radical (unpaired) electrons. The van der Waals surface area contributed by atoms with Crippen molar-refractivity contribution in [1.29, 1.82) is 5.26 Å². The Morgan fingerprint density at radius 3 is 2.48 bits per heavy atom. The molecule has 0 aliphatic heterocycles. The predicted molar refractivity (Wildman–Crippen MR) is 85.6 cm³/mol. The number of hydrogen-bond acceptors (Lipinski definition) is 3. The fourth-order valence-electron chi connectivity index (χ4n) is 1.83. The van der Waals surface area contributed by atoms with Gasteiger partial charge in [0.1, 0.15) is 4.90 Å². The Hall–Kier alpha value is -1.84. The van der Waals surface area contributed by atoms with E-state index in [4.69, 9.17) is 5.26 Å². The van der Waals surface area contributed by atoms with Crippen LogP contribution in [-0.4, -0.2) is 8.42 Å². The molecule has 0 bridgehead atoms. The second-order valence-electron chi connectivity index (χ2n) is 4.68. The molecule has 2 aromatic rings. The molecule has 108 valence electrons. The van der Waals surface area contributed by atoms with E-state index >= 15 is 0 Å². The second-order valence-corrected chi connectivity index (χ2v) is 7.19. The molecule has 6 heteroatoms. The number of nitrogens with zero attached hydrogens (tertiary/aromatic N) is 1. The van der Waals surface area contributed by atoms with Gasteiger partial charge in [0.05, 0.1) is 17.3 Å². The molecule has 0 saturated carbocycles. The Kier molecular flexibility index (Phi) is 4.35. The highest BCUT2D eigenvalue weighted by atomic mass is 79.9. The predicted octanol–water partition coefficient (Wildman–Crippen LogP) is 3.74. The lowest BCUT2D eigenvalue weighted by Gasteiger charge is -2.12. The zero-order valence-corrected chi connectivity index (χ0v) is 13.9. The molecule has 0 heterocycles. The van der Waals surface area contributed by atoms with Crippen molar-refractivity contribution < 1.29 is 8.42 Å². The molecule has 2 rings (SSSR count). The Morgan fingerprint density at radius 1 is 1.14 bits per heavy atom. The summed E-state index contributed by atoms with van der Waals surface area (Å²) < 4.78 is 28.0. The van der Waals surface area contributed by atoms with Gasteiger partial charge in [-0.25, -0.2) is 8.42 Å². The standard InChI is InChI=1S/C15H13BrN2O2S/c1-10-3-6-15(13(16)7-10)21(19,20)18-14-8-12(9-17)5-4-11(14)2/h3-8,18H,1-2H3. The lowest BCUT2D eigenvalue weighted by atomic mass is 10.1. The Bertz CT molecular complexity index is 839. The summed E-state index contributed by atoms with van der Waals surface area (Å²) >= 11 is 3.27. The van der Waals surface area contributed by atoms with Crippen molar-refractivity contribution in [2.24, 2.45) is 0 Å².